The molecule has 0 aliphatic heterocycles. The third-order valence-corrected chi connectivity index (χ3v) is 3.40. The second-order valence-electron chi connectivity index (χ2n) is 5.21. The Labute approximate surface area is 130 Å². The second-order valence-corrected chi connectivity index (χ2v) is 5.65. The third kappa shape index (κ3) is 4.74. The molecule has 0 aliphatic rings. The van der Waals surface area contributed by atoms with Crippen LogP contribution in [0.2, 0.25) is 5.02 Å². The first kappa shape index (κ1) is 15.8. The van der Waals surface area contributed by atoms with Gasteiger partial charge >= 0.3 is 0 Å². The number of rotatable bonds is 7. The summed E-state index contributed by atoms with van der Waals surface area (Å²) in [5.74, 6) is 6.36. The number of ether oxygens (including phenoxy) is 1. The zero-order valence-corrected chi connectivity index (χ0v) is 13.0. The van der Waals surface area contributed by atoms with E-state index in [0.29, 0.717) is 24.1 Å². The van der Waals surface area contributed by atoms with Gasteiger partial charge in [-0.2, -0.15) is 5.10 Å². The van der Waals surface area contributed by atoms with Gasteiger partial charge in [0.25, 0.3) is 0 Å². The van der Waals surface area contributed by atoms with Crippen LogP contribution in [0.5, 0.6) is 5.75 Å². The van der Waals surface area contributed by atoms with Crippen molar-refractivity contribution in [1.29, 1.82) is 0 Å². The summed E-state index contributed by atoms with van der Waals surface area (Å²) in [5, 5.41) is 5.20. The van der Waals surface area contributed by atoms with Crippen LogP contribution in [0.4, 0.5) is 0 Å². The lowest BCUT2D eigenvalue weighted by Gasteiger charge is -2.16. The molecule has 114 valence electrons. The smallest absolute Gasteiger partial charge is 0.119 e. The molecule has 0 bridgehead atoms. The molecule has 6 heteroatoms. The van der Waals surface area contributed by atoms with Gasteiger partial charge in [0, 0.05) is 23.7 Å². The molecule has 2 rings (SSSR count). The Morgan fingerprint density at radius 1 is 1.29 bits per heavy atom. The largest absolute Gasteiger partial charge is 0.492 e. The highest BCUT2D eigenvalue weighted by atomic mass is 35.5. The van der Waals surface area contributed by atoms with Gasteiger partial charge in [0.15, 0.2) is 0 Å². The van der Waals surface area contributed by atoms with Gasteiger partial charge in [-0.15, -0.1) is 0 Å². The molecule has 1 aromatic carbocycles. The molecule has 0 radical (unpaired) electrons. The molecular weight excluding hydrogens is 288 g/mol. The maximum atomic E-state index is 5.84. The van der Waals surface area contributed by atoms with Crippen molar-refractivity contribution >= 4 is 11.6 Å². The van der Waals surface area contributed by atoms with Crippen molar-refractivity contribution in [1.82, 2.24) is 15.2 Å². The van der Waals surface area contributed by atoms with Crippen LogP contribution in [0.15, 0.2) is 36.5 Å². The van der Waals surface area contributed by atoms with Gasteiger partial charge in [-0.25, -0.2) is 0 Å². The molecule has 2 aromatic rings. The number of benzene rings is 1. The summed E-state index contributed by atoms with van der Waals surface area (Å²) in [6.45, 7) is 4.66. The van der Waals surface area contributed by atoms with E-state index in [4.69, 9.17) is 22.2 Å². The third-order valence-electron chi connectivity index (χ3n) is 3.15. The molecule has 21 heavy (non-hydrogen) atoms. The Bertz CT molecular complexity index is 553. The lowest BCUT2D eigenvalue weighted by atomic mass is 10.2. The number of nitrogens with one attached hydrogen (secondary N) is 1. The Morgan fingerprint density at radius 2 is 2.00 bits per heavy atom. The van der Waals surface area contributed by atoms with E-state index >= 15 is 0 Å². The van der Waals surface area contributed by atoms with Crippen LogP contribution < -0.4 is 16.0 Å². The first-order valence-corrected chi connectivity index (χ1v) is 7.35. The van der Waals surface area contributed by atoms with E-state index in [-0.39, 0.29) is 6.04 Å². The number of hydrogen-bond acceptors (Lipinski definition) is 4. The predicted octanol–water partition coefficient (Wildman–Crippen LogP) is 2.57. The van der Waals surface area contributed by atoms with Gasteiger partial charge in [-0.1, -0.05) is 11.6 Å². The molecule has 1 unspecified atom stereocenters. The van der Waals surface area contributed by atoms with Crippen molar-refractivity contribution in [3.63, 3.8) is 0 Å². The number of halogens is 1. The molecule has 0 saturated carbocycles. The molecular formula is C15H21ClN4O. The molecule has 0 fully saturated rings. The quantitative estimate of drug-likeness (QED) is 0.609. The SMILES string of the molecule is CC(C)n1ccc(CC(COc2ccc(Cl)cc2)NN)n1. The molecule has 1 heterocycles. The molecule has 3 N–H and O–H groups in total. The van der Waals surface area contributed by atoms with Gasteiger partial charge in [0.2, 0.25) is 0 Å². The lowest BCUT2D eigenvalue weighted by molar-refractivity contribution is 0.263. The van der Waals surface area contributed by atoms with Crippen LogP contribution >= 0.6 is 11.6 Å². The van der Waals surface area contributed by atoms with Gasteiger partial charge in [0.05, 0.1) is 11.7 Å². The summed E-state index contributed by atoms with van der Waals surface area (Å²) in [7, 11) is 0. The number of hydrogen-bond donors (Lipinski definition) is 2. The summed E-state index contributed by atoms with van der Waals surface area (Å²) >= 11 is 5.84. The molecule has 1 atom stereocenters. The van der Waals surface area contributed by atoms with E-state index in [9.17, 15) is 0 Å². The highest BCUT2D eigenvalue weighted by Crippen LogP contribution is 2.16. The highest BCUT2D eigenvalue weighted by molar-refractivity contribution is 6.30. The predicted molar refractivity (Wildman–Crippen MR) is 84.4 cm³/mol. The Hall–Kier alpha value is -1.56. The summed E-state index contributed by atoms with van der Waals surface area (Å²) in [4.78, 5) is 0. The zero-order chi connectivity index (χ0) is 15.2. The molecule has 0 saturated heterocycles. The van der Waals surface area contributed by atoms with Crippen molar-refractivity contribution in [2.75, 3.05) is 6.61 Å². The molecule has 1 aromatic heterocycles. The van der Waals surface area contributed by atoms with E-state index in [1.54, 1.807) is 12.1 Å². The van der Waals surface area contributed by atoms with Crippen molar-refractivity contribution in [3.05, 3.63) is 47.2 Å². The minimum absolute atomic E-state index is 0.00353. The van der Waals surface area contributed by atoms with Gasteiger partial charge in [-0.3, -0.25) is 16.0 Å². The van der Waals surface area contributed by atoms with Crippen LogP contribution in [-0.2, 0) is 6.42 Å². The average molecular weight is 309 g/mol. The fraction of sp³-hybridized carbons (Fsp3) is 0.400. The Kier molecular flexibility index (Phi) is 5.61. The summed E-state index contributed by atoms with van der Waals surface area (Å²) < 4.78 is 7.64. The van der Waals surface area contributed by atoms with Crippen LogP contribution in [0.3, 0.4) is 0 Å². The zero-order valence-electron chi connectivity index (χ0n) is 12.3. The second kappa shape index (κ2) is 7.45. The molecule has 5 nitrogen and oxygen atoms in total. The fourth-order valence-corrected chi connectivity index (χ4v) is 2.05. The Balaban J connectivity index is 1.88. The van der Waals surface area contributed by atoms with E-state index in [1.807, 2.05) is 29.1 Å². The number of aromatic nitrogens is 2. The molecule has 0 spiro atoms. The molecule has 0 aliphatic carbocycles. The van der Waals surface area contributed by atoms with Crippen LogP contribution in [0, 0.1) is 0 Å². The Morgan fingerprint density at radius 3 is 2.57 bits per heavy atom. The highest BCUT2D eigenvalue weighted by Gasteiger charge is 2.11. The van der Waals surface area contributed by atoms with E-state index in [0.717, 1.165) is 11.4 Å². The first-order chi connectivity index (χ1) is 10.1. The fourth-order valence-electron chi connectivity index (χ4n) is 1.92. The minimum Gasteiger partial charge on any atom is -0.492 e. The number of hydrazine groups is 1. The van der Waals surface area contributed by atoms with Gasteiger partial charge in [0.1, 0.15) is 12.4 Å². The topological polar surface area (TPSA) is 65.1 Å². The maximum absolute atomic E-state index is 5.84. The van der Waals surface area contributed by atoms with Crippen molar-refractivity contribution in [3.8, 4) is 5.75 Å². The van der Waals surface area contributed by atoms with E-state index in [1.165, 1.54) is 0 Å². The summed E-state index contributed by atoms with van der Waals surface area (Å²) in [6, 6.07) is 9.63. The van der Waals surface area contributed by atoms with Crippen molar-refractivity contribution < 1.29 is 4.74 Å². The van der Waals surface area contributed by atoms with Crippen LogP contribution in [-0.4, -0.2) is 22.4 Å². The van der Waals surface area contributed by atoms with Gasteiger partial charge < -0.3 is 4.74 Å². The summed E-state index contributed by atoms with van der Waals surface area (Å²) in [5.41, 5.74) is 3.76. The van der Waals surface area contributed by atoms with Crippen LogP contribution in [0.1, 0.15) is 25.6 Å². The first-order valence-electron chi connectivity index (χ1n) is 6.97. The number of nitrogens with two attached hydrogens (primary N) is 1. The molecule has 0 amide bonds. The monoisotopic (exact) mass is 308 g/mol. The summed E-state index contributed by atoms with van der Waals surface area (Å²) in [6.07, 6.45) is 2.69. The van der Waals surface area contributed by atoms with Crippen molar-refractivity contribution in [2.45, 2.75) is 32.4 Å². The normalized spacial score (nSPS) is 12.6. The van der Waals surface area contributed by atoms with E-state index < -0.39 is 0 Å². The minimum atomic E-state index is -0.00353. The standard InChI is InChI=1S/C15H21ClN4O/c1-11(2)20-8-7-13(19-20)9-14(18-17)10-21-15-5-3-12(16)4-6-15/h3-8,11,14,18H,9-10,17H2,1-2H3. The maximum Gasteiger partial charge on any atom is 0.119 e. The average Bonchev–Trinajstić information content (AvgIpc) is 2.94. The lowest BCUT2D eigenvalue weighted by Crippen LogP contribution is -2.41. The van der Waals surface area contributed by atoms with E-state index in [2.05, 4.69) is 24.4 Å². The van der Waals surface area contributed by atoms with Crippen molar-refractivity contribution in [2.24, 2.45) is 5.84 Å². The number of nitrogens with zero attached hydrogens (tertiary/aromatic N) is 2. The van der Waals surface area contributed by atoms with Gasteiger partial charge in [-0.05, 0) is 44.2 Å². The van der Waals surface area contributed by atoms with Crippen LogP contribution in [0.25, 0.3) is 0 Å².